The largest absolute Gasteiger partial charge is 0.416 e. The number of hydrogen-bond donors (Lipinski definition) is 2. The molecule has 0 spiro atoms. The van der Waals surface area contributed by atoms with Crippen molar-refractivity contribution >= 4 is 21.4 Å². The zero-order valence-corrected chi connectivity index (χ0v) is 24.9. The fourth-order valence-corrected chi connectivity index (χ4v) is 6.15. The standard InChI is InChI=1S/C32H34F3N3O5S/c1-2-44(41,42)29-14-8-23(9-15-29)30(20-39)37-31(40)24-6-12-27(13-7-24)38-19-25(18-28(38)21-43-17-3-16-36)22-4-10-26(11-5-22)32(33,34)35/h4-15,25,28,30,39H,2-3,17-21H2,1H3,(H,37,40)/t25?,28-,30-/m0/s1. The molecule has 1 amide bonds. The van der Waals surface area contributed by atoms with E-state index in [1.165, 1.54) is 24.3 Å². The Hall–Kier alpha value is -3.92. The zero-order valence-electron chi connectivity index (χ0n) is 24.1. The van der Waals surface area contributed by atoms with E-state index in [0.29, 0.717) is 30.7 Å². The number of sulfone groups is 1. The highest BCUT2D eigenvalue weighted by atomic mass is 32.2. The fourth-order valence-electron chi connectivity index (χ4n) is 5.27. The maximum Gasteiger partial charge on any atom is 0.416 e. The van der Waals surface area contributed by atoms with Crippen LogP contribution in [0, 0.1) is 11.3 Å². The van der Waals surface area contributed by atoms with E-state index in [0.717, 1.165) is 23.4 Å². The van der Waals surface area contributed by atoms with E-state index in [1.54, 1.807) is 43.3 Å². The molecule has 0 aromatic heterocycles. The summed E-state index contributed by atoms with van der Waals surface area (Å²) < 4.78 is 69.1. The summed E-state index contributed by atoms with van der Waals surface area (Å²) in [6.07, 6.45) is -3.53. The van der Waals surface area contributed by atoms with Crippen LogP contribution in [0.25, 0.3) is 0 Å². The summed E-state index contributed by atoms with van der Waals surface area (Å²) >= 11 is 0. The van der Waals surface area contributed by atoms with Crippen LogP contribution in [0.1, 0.15) is 58.8 Å². The summed E-state index contributed by atoms with van der Waals surface area (Å²) in [4.78, 5) is 15.3. The molecule has 1 saturated heterocycles. The van der Waals surface area contributed by atoms with E-state index in [1.807, 2.05) is 6.07 Å². The number of nitrogens with one attached hydrogen (secondary N) is 1. The number of benzene rings is 3. The van der Waals surface area contributed by atoms with E-state index >= 15 is 0 Å². The zero-order chi connectivity index (χ0) is 31.9. The summed E-state index contributed by atoms with van der Waals surface area (Å²) in [5, 5.41) is 21.5. The number of rotatable bonds is 12. The minimum atomic E-state index is -4.41. The monoisotopic (exact) mass is 629 g/mol. The Labute approximate surface area is 255 Å². The smallest absolute Gasteiger partial charge is 0.394 e. The van der Waals surface area contributed by atoms with E-state index < -0.39 is 40.1 Å². The predicted octanol–water partition coefficient (Wildman–Crippen LogP) is 5.26. The molecule has 0 saturated carbocycles. The van der Waals surface area contributed by atoms with E-state index in [-0.39, 0.29) is 35.6 Å². The van der Waals surface area contributed by atoms with E-state index in [9.17, 15) is 31.5 Å². The molecule has 0 bridgehead atoms. The van der Waals surface area contributed by atoms with Crippen LogP contribution in [0.3, 0.4) is 0 Å². The number of anilines is 1. The first-order valence-electron chi connectivity index (χ1n) is 14.2. The Kier molecular flexibility index (Phi) is 10.7. The van der Waals surface area contributed by atoms with Crippen LogP contribution in [-0.2, 0) is 20.8 Å². The van der Waals surface area contributed by atoms with Crippen molar-refractivity contribution < 1.29 is 36.2 Å². The van der Waals surface area contributed by atoms with Gasteiger partial charge in [0.05, 0.1) is 60.6 Å². The molecule has 1 aliphatic heterocycles. The topological polar surface area (TPSA) is 120 Å². The van der Waals surface area contributed by atoms with Gasteiger partial charge in [-0.15, -0.1) is 0 Å². The molecule has 0 radical (unpaired) electrons. The van der Waals surface area contributed by atoms with Gasteiger partial charge in [-0.05, 0) is 66.1 Å². The van der Waals surface area contributed by atoms with Crippen molar-refractivity contribution in [2.45, 2.75) is 48.8 Å². The SMILES string of the molecule is CCS(=O)(=O)c1ccc([C@H](CO)NC(=O)c2ccc(N3CC(c4ccc(C(F)(F)F)cc4)C[C@H]3COCCC#N)cc2)cc1. The average molecular weight is 630 g/mol. The second-order valence-corrected chi connectivity index (χ2v) is 12.8. The summed E-state index contributed by atoms with van der Waals surface area (Å²) in [5.41, 5.74) is 1.78. The third-order valence-corrected chi connectivity index (χ3v) is 9.51. The maximum atomic E-state index is 13.1. The molecular formula is C32H34F3N3O5S. The molecule has 234 valence electrons. The normalized spacial score (nSPS) is 17.7. The van der Waals surface area contributed by atoms with Crippen LogP contribution in [0.5, 0.6) is 0 Å². The van der Waals surface area contributed by atoms with Crippen LogP contribution in [0.4, 0.5) is 18.9 Å². The molecule has 2 N–H and O–H groups in total. The van der Waals surface area contributed by atoms with E-state index in [2.05, 4.69) is 10.2 Å². The van der Waals surface area contributed by atoms with Gasteiger partial charge in [0.15, 0.2) is 9.84 Å². The minimum absolute atomic E-state index is 0.0371. The molecule has 1 aliphatic rings. The Balaban J connectivity index is 1.47. The number of carbonyl (C=O) groups excluding carboxylic acids is 1. The summed E-state index contributed by atoms with van der Waals surface area (Å²) in [6.45, 7) is 2.29. The number of nitriles is 1. The molecule has 12 heteroatoms. The minimum Gasteiger partial charge on any atom is -0.394 e. The van der Waals surface area contributed by atoms with Gasteiger partial charge in [-0.2, -0.15) is 18.4 Å². The Morgan fingerprint density at radius 1 is 1.09 bits per heavy atom. The van der Waals surface area contributed by atoms with Crippen molar-refractivity contribution in [1.29, 1.82) is 5.26 Å². The number of carbonyl (C=O) groups is 1. The number of nitrogens with zero attached hydrogens (tertiary/aromatic N) is 2. The molecule has 8 nitrogen and oxygen atoms in total. The number of aliphatic hydroxyl groups excluding tert-OH is 1. The molecule has 1 heterocycles. The molecule has 1 unspecified atom stereocenters. The number of ether oxygens (including phenoxy) is 1. The number of halogens is 3. The van der Waals surface area contributed by atoms with Crippen LogP contribution in [-0.4, -0.2) is 57.6 Å². The first kappa shape index (κ1) is 33.0. The van der Waals surface area contributed by atoms with Crippen LogP contribution >= 0.6 is 0 Å². The highest BCUT2D eigenvalue weighted by Gasteiger charge is 2.35. The van der Waals surface area contributed by atoms with E-state index in [4.69, 9.17) is 10.00 Å². The van der Waals surface area contributed by atoms with Crippen molar-refractivity contribution in [3.63, 3.8) is 0 Å². The predicted molar refractivity (Wildman–Crippen MR) is 159 cm³/mol. The molecule has 3 aromatic carbocycles. The van der Waals surface area contributed by atoms with Crippen LogP contribution < -0.4 is 10.2 Å². The van der Waals surface area contributed by atoms with Crippen molar-refractivity contribution in [2.75, 3.05) is 37.0 Å². The van der Waals surface area contributed by atoms with Gasteiger partial charge in [-0.3, -0.25) is 4.79 Å². The van der Waals surface area contributed by atoms with Crippen LogP contribution in [0.2, 0.25) is 0 Å². The van der Waals surface area contributed by atoms with Gasteiger partial charge in [0.25, 0.3) is 5.91 Å². The van der Waals surface area contributed by atoms with Crippen molar-refractivity contribution in [2.24, 2.45) is 0 Å². The Morgan fingerprint density at radius 2 is 1.75 bits per heavy atom. The van der Waals surface area contributed by atoms with Crippen LogP contribution in [0.15, 0.2) is 77.7 Å². The summed E-state index contributed by atoms with van der Waals surface area (Å²) in [7, 11) is -3.38. The van der Waals surface area contributed by atoms with Gasteiger partial charge in [0.2, 0.25) is 0 Å². The molecule has 44 heavy (non-hydrogen) atoms. The first-order valence-corrected chi connectivity index (χ1v) is 15.8. The van der Waals surface area contributed by atoms with Crippen molar-refractivity contribution in [1.82, 2.24) is 5.32 Å². The van der Waals surface area contributed by atoms with Gasteiger partial charge < -0.3 is 20.1 Å². The lowest BCUT2D eigenvalue weighted by Crippen LogP contribution is -2.33. The van der Waals surface area contributed by atoms with Gasteiger partial charge in [0.1, 0.15) is 0 Å². The molecular weight excluding hydrogens is 595 g/mol. The van der Waals surface area contributed by atoms with Gasteiger partial charge in [0, 0.05) is 23.7 Å². The van der Waals surface area contributed by atoms with Gasteiger partial charge >= 0.3 is 6.18 Å². The third-order valence-electron chi connectivity index (χ3n) is 7.76. The number of amides is 1. The Morgan fingerprint density at radius 3 is 2.32 bits per heavy atom. The lowest BCUT2D eigenvalue weighted by atomic mass is 9.95. The number of aliphatic hydroxyl groups is 1. The van der Waals surface area contributed by atoms with Crippen molar-refractivity contribution in [3.05, 3.63) is 95.1 Å². The number of alkyl halides is 3. The summed E-state index contributed by atoms with van der Waals surface area (Å²) in [5.74, 6) is -0.514. The molecule has 3 aromatic rings. The fraction of sp³-hybridized carbons (Fsp3) is 0.375. The van der Waals surface area contributed by atoms with Gasteiger partial charge in [-0.1, -0.05) is 31.2 Å². The lowest BCUT2D eigenvalue weighted by Gasteiger charge is -2.27. The molecule has 3 atom stereocenters. The molecule has 0 aliphatic carbocycles. The summed E-state index contributed by atoms with van der Waals surface area (Å²) in [6, 6.07) is 19.3. The Bertz CT molecular complexity index is 1560. The quantitative estimate of drug-likeness (QED) is 0.263. The lowest BCUT2D eigenvalue weighted by molar-refractivity contribution is -0.137. The number of hydrogen-bond acceptors (Lipinski definition) is 7. The second kappa shape index (κ2) is 14.2. The third kappa shape index (κ3) is 7.96. The van der Waals surface area contributed by atoms with Gasteiger partial charge in [-0.25, -0.2) is 8.42 Å². The first-order chi connectivity index (χ1) is 21.0. The maximum absolute atomic E-state index is 13.1. The highest BCUT2D eigenvalue weighted by molar-refractivity contribution is 7.91. The molecule has 1 fully saturated rings. The molecule has 4 rings (SSSR count). The average Bonchev–Trinajstić information content (AvgIpc) is 3.46. The second-order valence-electron chi connectivity index (χ2n) is 10.6. The van der Waals surface area contributed by atoms with Crippen molar-refractivity contribution in [3.8, 4) is 6.07 Å². The highest BCUT2D eigenvalue weighted by Crippen LogP contribution is 2.37.